The van der Waals surface area contributed by atoms with Crippen LogP contribution in [0.3, 0.4) is 0 Å². The molecule has 2 heterocycles. The average molecular weight is 453 g/mol. The summed E-state index contributed by atoms with van der Waals surface area (Å²) in [4.78, 5) is 16.8. The summed E-state index contributed by atoms with van der Waals surface area (Å²) in [5, 5.41) is 12.4. The van der Waals surface area contributed by atoms with E-state index >= 15 is 0 Å². The standard InChI is InChI=1S/C21H10BrFN2O2S/c22-15-3-6-19-13(8-15)9-17(21(26)27-19)18-11-28-20(25-18)14(10-24)7-12-1-4-16(23)5-2-12/h1-9,11H. The van der Waals surface area contributed by atoms with Crippen molar-refractivity contribution in [1.82, 2.24) is 4.98 Å². The maximum Gasteiger partial charge on any atom is 0.345 e. The SMILES string of the molecule is N#CC(=Cc1ccc(F)cc1)c1nc(-c2cc3cc(Br)ccc3oc2=O)cs1. The number of hydrogen-bond donors (Lipinski definition) is 0. The Morgan fingerprint density at radius 1 is 1.21 bits per heavy atom. The number of halogens is 2. The summed E-state index contributed by atoms with van der Waals surface area (Å²) in [7, 11) is 0. The first-order chi connectivity index (χ1) is 13.5. The van der Waals surface area contributed by atoms with Gasteiger partial charge in [-0.15, -0.1) is 11.3 Å². The minimum Gasteiger partial charge on any atom is -0.422 e. The van der Waals surface area contributed by atoms with Gasteiger partial charge in [-0.1, -0.05) is 28.1 Å². The number of nitriles is 1. The van der Waals surface area contributed by atoms with E-state index in [1.54, 1.807) is 41.8 Å². The van der Waals surface area contributed by atoms with Crippen LogP contribution in [0.4, 0.5) is 4.39 Å². The van der Waals surface area contributed by atoms with Gasteiger partial charge in [0.05, 0.1) is 16.8 Å². The molecule has 0 spiro atoms. The Balaban J connectivity index is 1.75. The number of rotatable bonds is 3. The van der Waals surface area contributed by atoms with Gasteiger partial charge in [0.25, 0.3) is 0 Å². The molecule has 4 rings (SSSR count). The third-order valence-electron chi connectivity index (χ3n) is 4.01. The molecule has 0 aliphatic rings. The number of aromatic nitrogens is 1. The lowest BCUT2D eigenvalue weighted by atomic mass is 10.1. The zero-order valence-electron chi connectivity index (χ0n) is 14.1. The Morgan fingerprint density at radius 2 is 2.00 bits per heavy atom. The topological polar surface area (TPSA) is 66.9 Å². The van der Waals surface area contributed by atoms with E-state index in [9.17, 15) is 14.4 Å². The predicted octanol–water partition coefficient (Wildman–Crippen LogP) is 5.88. The normalized spacial score (nSPS) is 11.5. The Hall–Kier alpha value is -3.08. The van der Waals surface area contributed by atoms with Gasteiger partial charge in [0, 0.05) is 15.2 Å². The summed E-state index contributed by atoms with van der Waals surface area (Å²) in [6.07, 6.45) is 1.63. The second kappa shape index (κ2) is 7.50. The smallest absolute Gasteiger partial charge is 0.345 e. The van der Waals surface area contributed by atoms with Gasteiger partial charge < -0.3 is 4.42 Å². The van der Waals surface area contributed by atoms with Crippen LogP contribution in [-0.2, 0) is 0 Å². The first kappa shape index (κ1) is 18.3. The molecule has 0 aliphatic heterocycles. The molecule has 0 bridgehead atoms. The molecular weight excluding hydrogens is 443 g/mol. The van der Waals surface area contributed by atoms with Crippen LogP contribution in [0, 0.1) is 17.1 Å². The van der Waals surface area contributed by atoms with Crippen LogP contribution in [0.25, 0.3) is 33.9 Å². The van der Waals surface area contributed by atoms with Gasteiger partial charge >= 0.3 is 5.63 Å². The van der Waals surface area contributed by atoms with E-state index in [0.717, 1.165) is 9.86 Å². The van der Waals surface area contributed by atoms with Crippen molar-refractivity contribution in [3.8, 4) is 17.3 Å². The average Bonchev–Trinajstić information content (AvgIpc) is 3.17. The van der Waals surface area contributed by atoms with Gasteiger partial charge in [-0.3, -0.25) is 0 Å². The molecule has 4 nitrogen and oxygen atoms in total. The van der Waals surface area contributed by atoms with Gasteiger partial charge in [0.15, 0.2) is 0 Å². The highest BCUT2D eigenvalue weighted by Gasteiger charge is 2.14. The Labute approximate surface area is 171 Å². The first-order valence-electron chi connectivity index (χ1n) is 8.10. The van der Waals surface area contributed by atoms with Crippen molar-refractivity contribution in [3.05, 3.63) is 85.2 Å². The van der Waals surface area contributed by atoms with Gasteiger partial charge in [-0.25, -0.2) is 14.2 Å². The van der Waals surface area contributed by atoms with Crippen LogP contribution in [0.5, 0.6) is 0 Å². The highest BCUT2D eigenvalue weighted by Crippen LogP contribution is 2.28. The molecule has 0 atom stereocenters. The number of fused-ring (bicyclic) bond motifs is 1. The first-order valence-corrected chi connectivity index (χ1v) is 9.78. The molecule has 0 unspecified atom stereocenters. The van der Waals surface area contributed by atoms with Crippen molar-refractivity contribution in [3.63, 3.8) is 0 Å². The number of allylic oxidation sites excluding steroid dienone is 1. The Morgan fingerprint density at radius 3 is 2.75 bits per heavy atom. The summed E-state index contributed by atoms with van der Waals surface area (Å²) in [5.74, 6) is -0.346. The molecule has 0 saturated heterocycles. The van der Waals surface area contributed by atoms with E-state index < -0.39 is 5.63 Å². The van der Waals surface area contributed by atoms with Crippen LogP contribution in [-0.4, -0.2) is 4.98 Å². The molecule has 7 heteroatoms. The largest absolute Gasteiger partial charge is 0.422 e. The summed E-state index contributed by atoms with van der Waals surface area (Å²) in [5.41, 5.74) is 1.78. The van der Waals surface area contributed by atoms with Gasteiger partial charge in [-0.2, -0.15) is 5.26 Å². The van der Waals surface area contributed by atoms with Crippen LogP contribution in [0.15, 0.2) is 67.6 Å². The molecule has 2 aromatic carbocycles. The predicted molar refractivity (Wildman–Crippen MR) is 111 cm³/mol. The van der Waals surface area contributed by atoms with E-state index in [0.29, 0.717) is 33.0 Å². The maximum atomic E-state index is 13.1. The fourth-order valence-electron chi connectivity index (χ4n) is 2.66. The minimum atomic E-state index is -0.493. The van der Waals surface area contributed by atoms with E-state index in [4.69, 9.17) is 4.42 Å². The number of hydrogen-bond acceptors (Lipinski definition) is 5. The lowest BCUT2D eigenvalue weighted by molar-refractivity contribution is 0.563. The summed E-state index contributed by atoms with van der Waals surface area (Å²) in [6.45, 7) is 0. The molecular formula is C21H10BrFN2O2S. The molecule has 0 aliphatic carbocycles. The van der Waals surface area contributed by atoms with Crippen molar-refractivity contribution < 1.29 is 8.81 Å². The fraction of sp³-hybridized carbons (Fsp3) is 0. The zero-order valence-corrected chi connectivity index (χ0v) is 16.6. The Kier molecular flexibility index (Phi) is 4.90. The summed E-state index contributed by atoms with van der Waals surface area (Å²) in [6, 6.07) is 15.0. The van der Waals surface area contributed by atoms with Crippen molar-refractivity contribution >= 4 is 49.9 Å². The zero-order chi connectivity index (χ0) is 19.7. The number of nitrogens with zero attached hydrogens (tertiary/aromatic N) is 2. The maximum absolute atomic E-state index is 13.1. The molecule has 0 saturated carbocycles. The van der Waals surface area contributed by atoms with Crippen LogP contribution in [0.1, 0.15) is 10.6 Å². The van der Waals surface area contributed by atoms with Crippen molar-refractivity contribution in [2.45, 2.75) is 0 Å². The van der Waals surface area contributed by atoms with Crippen molar-refractivity contribution in [2.75, 3.05) is 0 Å². The molecule has 0 N–H and O–H groups in total. The second-order valence-corrected chi connectivity index (χ2v) is 7.66. The number of benzene rings is 2. The lowest BCUT2D eigenvalue weighted by Gasteiger charge is -2.00. The van der Waals surface area contributed by atoms with Crippen LogP contribution in [0.2, 0.25) is 0 Å². The van der Waals surface area contributed by atoms with Crippen molar-refractivity contribution in [1.29, 1.82) is 5.26 Å². The minimum absolute atomic E-state index is 0.326. The molecule has 0 amide bonds. The van der Waals surface area contributed by atoms with Crippen LogP contribution >= 0.6 is 27.3 Å². The molecule has 0 fully saturated rings. The van der Waals surface area contributed by atoms with E-state index in [1.807, 2.05) is 6.07 Å². The molecule has 4 aromatic rings. The second-order valence-electron chi connectivity index (χ2n) is 5.89. The highest BCUT2D eigenvalue weighted by molar-refractivity contribution is 9.10. The van der Waals surface area contributed by atoms with Gasteiger partial charge in [-0.05, 0) is 48.0 Å². The molecule has 136 valence electrons. The van der Waals surface area contributed by atoms with Crippen LogP contribution < -0.4 is 5.63 Å². The van der Waals surface area contributed by atoms with Gasteiger partial charge in [0.2, 0.25) is 0 Å². The van der Waals surface area contributed by atoms with Crippen molar-refractivity contribution in [2.24, 2.45) is 0 Å². The number of thiazole rings is 1. The quantitative estimate of drug-likeness (QED) is 0.287. The summed E-state index contributed by atoms with van der Waals surface area (Å²) < 4.78 is 19.3. The molecule has 0 radical (unpaired) electrons. The van der Waals surface area contributed by atoms with E-state index in [2.05, 4.69) is 27.0 Å². The third kappa shape index (κ3) is 3.65. The van der Waals surface area contributed by atoms with Gasteiger partial charge in [0.1, 0.15) is 22.5 Å². The summed E-state index contributed by atoms with van der Waals surface area (Å²) >= 11 is 4.65. The third-order valence-corrected chi connectivity index (χ3v) is 5.38. The monoisotopic (exact) mass is 452 g/mol. The molecule has 28 heavy (non-hydrogen) atoms. The lowest BCUT2D eigenvalue weighted by Crippen LogP contribution is -2.02. The van der Waals surface area contributed by atoms with E-state index in [-0.39, 0.29) is 5.82 Å². The molecule has 2 aromatic heterocycles. The Bertz CT molecular complexity index is 1320. The van der Waals surface area contributed by atoms with E-state index in [1.165, 1.54) is 23.5 Å². The highest BCUT2D eigenvalue weighted by atomic mass is 79.9. The fourth-order valence-corrected chi connectivity index (χ4v) is 3.83.